The topological polar surface area (TPSA) is 122 Å². The fraction of sp³-hybridized carbons (Fsp3) is 0.415. The predicted octanol–water partition coefficient (Wildman–Crippen LogP) is 7.14. The molecule has 0 spiro atoms. The summed E-state index contributed by atoms with van der Waals surface area (Å²) in [5, 5.41) is 18.1. The molecule has 0 fully saturated rings. The monoisotopic (exact) mass is 710 g/mol. The van der Waals surface area contributed by atoms with Crippen molar-refractivity contribution in [1.82, 2.24) is 9.80 Å². The van der Waals surface area contributed by atoms with Crippen molar-refractivity contribution in [3.8, 4) is 17.2 Å². The molecule has 0 aromatic heterocycles. The van der Waals surface area contributed by atoms with Gasteiger partial charge in [-0.25, -0.2) is 4.79 Å². The van der Waals surface area contributed by atoms with E-state index in [-0.39, 0.29) is 37.4 Å². The first-order valence-corrected chi connectivity index (χ1v) is 18.2. The number of aliphatic hydroxyl groups excluding tert-OH is 1. The van der Waals surface area contributed by atoms with Crippen LogP contribution in [0.4, 0.5) is 16.2 Å². The summed E-state index contributed by atoms with van der Waals surface area (Å²) in [5.74, 6) is 1.58. The molecule has 0 radical (unpaired) electrons. The number of ether oxygens (including phenoxy) is 4. The first-order valence-electron chi connectivity index (χ1n) is 18.2. The van der Waals surface area contributed by atoms with Crippen LogP contribution in [-0.4, -0.2) is 85.2 Å². The molecule has 11 heteroatoms. The number of nitrogens with one attached hydrogen (secondary N) is 2. The van der Waals surface area contributed by atoms with Crippen LogP contribution < -0.4 is 24.8 Å². The molecular formula is C41H50N4O7. The van der Waals surface area contributed by atoms with Crippen molar-refractivity contribution < 1.29 is 33.6 Å². The van der Waals surface area contributed by atoms with Crippen LogP contribution in [0.1, 0.15) is 56.0 Å². The second kappa shape index (κ2) is 17.1. The van der Waals surface area contributed by atoms with Gasteiger partial charge in [-0.05, 0) is 87.5 Å². The lowest BCUT2D eigenvalue weighted by molar-refractivity contribution is -0.0177. The lowest BCUT2D eigenvalue weighted by atomic mass is 10.0. The van der Waals surface area contributed by atoms with Crippen molar-refractivity contribution >= 4 is 34.1 Å². The molecule has 4 aromatic carbocycles. The molecule has 2 aliphatic rings. The van der Waals surface area contributed by atoms with E-state index < -0.39 is 12.1 Å². The van der Waals surface area contributed by atoms with Gasteiger partial charge in [-0.3, -0.25) is 9.69 Å². The Labute approximate surface area is 305 Å². The average Bonchev–Trinajstić information content (AvgIpc) is 3.61. The molecule has 11 nitrogen and oxygen atoms in total. The Morgan fingerprint density at radius 2 is 1.75 bits per heavy atom. The van der Waals surface area contributed by atoms with E-state index in [1.165, 1.54) is 0 Å². The highest BCUT2D eigenvalue weighted by atomic mass is 16.7. The Morgan fingerprint density at radius 1 is 0.962 bits per heavy atom. The Balaban J connectivity index is 1.22. The second-order valence-corrected chi connectivity index (χ2v) is 14.0. The highest BCUT2D eigenvalue weighted by Crippen LogP contribution is 2.33. The van der Waals surface area contributed by atoms with E-state index in [0.29, 0.717) is 48.9 Å². The van der Waals surface area contributed by atoms with Crippen molar-refractivity contribution in [1.29, 1.82) is 0 Å². The van der Waals surface area contributed by atoms with E-state index in [0.717, 1.165) is 47.1 Å². The number of carbonyl (C=O) groups excluding carboxylic acids is 2. The van der Waals surface area contributed by atoms with Gasteiger partial charge in [0.2, 0.25) is 6.79 Å². The molecule has 0 unspecified atom stereocenters. The summed E-state index contributed by atoms with van der Waals surface area (Å²) in [6.45, 7) is 8.19. The summed E-state index contributed by atoms with van der Waals surface area (Å²) in [4.78, 5) is 31.7. The molecule has 4 atom stereocenters. The largest absolute Gasteiger partial charge is 0.490 e. The van der Waals surface area contributed by atoms with Gasteiger partial charge in [0.15, 0.2) is 11.5 Å². The molecule has 2 aliphatic heterocycles. The fourth-order valence-electron chi connectivity index (χ4n) is 6.80. The van der Waals surface area contributed by atoms with Gasteiger partial charge in [-0.2, -0.15) is 0 Å². The normalized spacial score (nSPS) is 20.2. The average molecular weight is 711 g/mol. The summed E-state index contributed by atoms with van der Waals surface area (Å²) in [6, 6.07) is 23.8. The molecular weight excluding hydrogens is 660 g/mol. The summed E-state index contributed by atoms with van der Waals surface area (Å²) in [5.41, 5.74) is 2.54. The number of anilines is 2. The van der Waals surface area contributed by atoms with E-state index in [1.807, 2.05) is 74.5 Å². The Kier molecular flexibility index (Phi) is 12.2. The van der Waals surface area contributed by atoms with Gasteiger partial charge < -0.3 is 39.6 Å². The first kappa shape index (κ1) is 36.9. The number of hydrogen-bond donors (Lipinski definition) is 3. The zero-order valence-electron chi connectivity index (χ0n) is 30.5. The number of amides is 3. The number of nitrogens with zero attached hydrogens (tertiary/aromatic N) is 2. The summed E-state index contributed by atoms with van der Waals surface area (Å²) < 4.78 is 24.0. The summed E-state index contributed by atoms with van der Waals surface area (Å²) >= 11 is 0. The number of hydrogen-bond acceptors (Lipinski definition) is 8. The van der Waals surface area contributed by atoms with E-state index >= 15 is 0 Å². The number of urea groups is 1. The van der Waals surface area contributed by atoms with Crippen LogP contribution in [0.3, 0.4) is 0 Å². The zero-order valence-corrected chi connectivity index (χ0v) is 30.5. The van der Waals surface area contributed by atoms with Crippen molar-refractivity contribution in [2.24, 2.45) is 5.92 Å². The number of carbonyl (C=O) groups is 2. The maximum atomic E-state index is 14.5. The minimum absolute atomic E-state index is 0.0730. The van der Waals surface area contributed by atoms with E-state index in [4.69, 9.17) is 18.9 Å². The van der Waals surface area contributed by atoms with Crippen LogP contribution in [0.5, 0.6) is 17.2 Å². The predicted molar refractivity (Wildman–Crippen MR) is 202 cm³/mol. The van der Waals surface area contributed by atoms with Gasteiger partial charge in [-0.1, -0.05) is 49.4 Å². The molecule has 3 amide bonds. The summed E-state index contributed by atoms with van der Waals surface area (Å²) in [7, 11) is 2.06. The number of rotatable bonds is 8. The lowest BCUT2D eigenvalue weighted by Crippen LogP contribution is -2.47. The van der Waals surface area contributed by atoms with Crippen LogP contribution in [0, 0.1) is 5.92 Å². The summed E-state index contributed by atoms with van der Waals surface area (Å²) in [6.07, 6.45) is 2.22. The van der Waals surface area contributed by atoms with Crippen molar-refractivity contribution in [2.75, 3.05) is 50.8 Å². The highest BCUT2D eigenvalue weighted by molar-refractivity contribution is 6.07. The third kappa shape index (κ3) is 9.14. The van der Waals surface area contributed by atoms with Crippen LogP contribution in [0.25, 0.3) is 10.8 Å². The molecule has 6 rings (SSSR count). The number of fused-ring (bicyclic) bond motifs is 3. The standard InChI is InChI=1S/C41H50N4O7/c1-27-22-45(28(2)25-46)40(47)34-21-32(42-41(48)43-35-14-9-12-31-11-5-6-13-33(31)35)16-18-36(34)52-29(3)10-7-8-19-49-39(27)24-44(4)23-30-15-17-37-38(20-30)51-26-50-37/h5-6,9,11-18,20-21,27-29,39,46H,7-8,10,19,22-26H2,1-4H3,(H2,42,43,48)/t27-,28-,29+,39+/m0/s1. The molecule has 52 heavy (non-hydrogen) atoms. The molecule has 276 valence electrons. The van der Waals surface area contributed by atoms with Crippen LogP contribution in [-0.2, 0) is 11.3 Å². The van der Waals surface area contributed by atoms with E-state index in [9.17, 15) is 14.7 Å². The quantitative estimate of drug-likeness (QED) is 0.177. The molecule has 2 heterocycles. The molecule has 0 saturated carbocycles. The van der Waals surface area contributed by atoms with Gasteiger partial charge in [0, 0.05) is 43.2 Å². The smallest absolute Gasteiger partial charge is 0.323 e. The molecule has 0 bridgehead atoms. The lowest BCUT2D eigenvalue weighted by Gasteiger charge is -2.36. The maximum Gasteiger partial charge on any atom is 0.323 e. The Bertz CT molecular complexity index is 1850. The van der Waals surface area contributed by atoms with E-state index in [1.54, 1.807) is 23.1 Å². The molecule has 0 aliphatic carbocycles. The van der Waals surface area contributed by atoms with E-state index in [2.05, 4.69) is 29.5 Å². The van der Waals surface area contributed by atoms with Crippen LogP contribution in [0.15, 0.2) is 78.9 Å². The minimum atomic E-state index is -0.480. The number of aliphatic hydroxyl groups is 1. The van der Waals surface area contributed by atoms with Crippen molar-refractivity contribution in [3.05, 3.63) is 90.0 Å². The molecule has 0 saturated heterocycles. The van der Waals surface area contributed by atoms with Crippen LogP contribution in [0.2, 0.25) is 0 Å². The minimum Gasteiger partial charge on any atom is -0.490 e. The van der Waals surface area contributed by atoms with Gasteiger partial charge in [-0.15, -0.1) is 0 Å². The van der Waals surface area contributed by atoms with Crippen molar-refractivity contribution in [2.45, 2.75) is 64.8 Å². The first-order chi connectivity index (χ1) is 25.2. The third-order valence-electron chi connectivity index (χ3n) is 9.73. The molecule has 3 N–H and O–H groups in total. The van der Waals surface area contributed by atoms with Gasteiger partial charge in [0.05, 0.1) is 36.1 Å². The number of benzene rings is 4. The number of likely N-dealkylation sites (N-methyl/N-ethyl adjacent to an activating group) is 1. The third-order valence-corrected chi connectivity index (χ3v) is 9.73. The van der Waals surface area contributed by atoms with Gasteiger partial charge >= 0.3 is 6.03 Å². The molecule has 4 aromatic rings. The Morgan fingerprint density at radius 3 is 2.60 bits per heavy atom. The highest BCUT2D eigenvalue weighted by Gasteiger charge is 2.30. The fourth-order valence-corrected chi connectivity index (χ4v) is 6.80. The second-order valence-electron chi connectivity index (χ2n) is 14.0. The van der Waals surface area contributed by atoms with Gasteiger partial charge in [0.25, 0.3) is 5.91 Å². The SMILES string of the molecule is C[C@@H]1CCCCO[C@H](CN(C)Cc2ccc3c(c2)OCO3)[C@@H](C)CN([C@@H](C)CO)C(=O)c2cc(NC(=O)Nc3cccc4ccccc34)ccc2O1. The maximum absolute atomic E-state index is 14.5. The van der Waals surface area contributed by atoms with Gasteiger partial charge in [0.1, 0.15) is 5.75 Å². The van der Waals surface area contributed by atoms with Crippen LogP contribution >= 0.6 is 0 Å². The Hall–Kier alpha value is -4.84. The zero-order chi connectivity index (χ0) is 36.6. The van der Waals surface area contributed by atoms with Crippen molar-refractivity contribution in [3.63, 3.8) is 0 Å².